The molecule has 1 aliphatic heterocycles. The molecule has 17 heavy (non-hydrogen) atoms. The molecule has 0 aromatic carbocycles. The lowest BCUT2D eigenvalue weighted by Gasteiger charge is -2.20. The molecule has 1 saturated heterocycles. The van der Waals surface area contributed by atoms with E-state index < -0.39 is 0 Å². The number of hydrogen-bond donors (Lipinski definition) is 2. The summed E-state index contributed by atoms with van der Waals surface area (Å²) in [4.78, 5) is 14.0. The van der Waals surface area contributed by atoms with Crippen molar-refractivity contribution in [1.82, 2.24) is 15.5 Å². The van der Waals surface area contributed by atoms with E-state index in [1.54, 1.807) is 0 Å². The molecule has 0 radical (unpaired) electrons. The van der Waals surface area contributed by atoms with Gasteiger partial charge in [-0.2, -0.15) is 0 Å². The fraction of sp³-hybridized carbons (Fsp3) is 0.923. The number of carbonyl (C=O) groups is 1. The summed E-state index contributed by atoms with van der Waals surface area (Å²) in [5, 5.41) is 5.97. The summed E-state index contributed by atoms with van der Waals surface area (Å²) in [7, 11) is 0. The molecule has 2 N–H and O–H groups in total. The van der Waals surface area contributed by atoms with Crippen LogP contribution >= 0.6 is 0 Å². The molecular formula is C13H27N3O. The van der Waals surface area contributed by atoms with Crippen LogP contribution in [0.5, 0.6) is 0 Å². The second-order valence-electron chi connectivity index (χ2n) is 5.18. The molecule has 100 valence electrons. The number of rotatable bonds is 6. The molecule has 1 fully saturated rings. The Morgan fingerprint density at radius 2 is 2.18 bits per heavy atom. The summed E-state index contributed by atoms with van der Waals surface area (Å²) in [5.41, 5.74) is 0. The molecule has 0 saturated carbocycles. The first-order valence-electron chi connectivity index (χ1n) is 6.92. The van der Waals surface area contributed by atoms with Gasteiger partial charge in [0.1, 0.15) is 0 Å². The van der Waals surface area contributed by atoms with Crippen molar-refractivity contribution in [1.29, 1.82) is 0 Å². The van der Waals surface area contributed by atoms with Gasteiger partial charge >= 0.3 is 6.03 Å². The van der Waals surface area contributed by atoms with Crippen molar-refractivity contribution in [3.63, 3.8) is 0 Å². The Morgan fingerprint density at radius 3 is 2.76 bits per heavy atom. The molecular weight excluding hydrogens is 214 g/mol. The Balaban J connectivity index is 2.11. The van der Waals surface area contributed by atoms with Crippen molar-refractivity contribution >= 4 is 6.03 Å². The van der Waals surface area contributed by atoms with Gasteiger partial charge in [0.05, 0.1) is 0 Å². The van der Waals surface area contributed by atoms with Crippen LogP contribution in [0, 0.1) is 0 Å². The fourth-order valence-electron chi connectivity index (χ4n) is 2.19. The van der Waals surface area contributed by atoms with Crippen LogP contribution in [0.25, 0.3) is 0 Å². The topological polar surface area (TPSA) is 44.4 Å². The van der Waals surface area contributed by atoms with Gasteiger partial charge in [-0.05, 0) is 26.7 Å². The number of unbranched alkanes of at least 4 members (excludes halogenated alkanes) is 2. The molecule has 2 amide bonds. The van der Waals surface area contributed by atoms with Crippen LogP contribution in [0.3, 0.4) is 0 Å². The first-order chi connectivity index (χ1) is 8.13. The average molecular weight is 241 g/mol. The summed E-state index contributed by atoms with van der Waals surface area (Å²) in [5.74, 6) is 0. The van der Waals surface area contributed by atoms with Gasteiger partial charge in [-0.1, -0.05) is 19.8 Å². The summed E-state index contributed by atoms with van der Waals surface area (Å²) in [6, 6.07) is 0.898. The van der Waals surface area contributed by atoms with Crippen molar-refractivity contribution in [2.75, 3.05) is 19.6 Å². The molecule has 4 nitrogen and oxygen atoms in total. The smallest absolute Gasteiger partial charge is 0.315 e. The Kier molecular flexibility index (Phi) is 6.34. The molecule has 4 heteroatoms. The highest BCUT2D eigenvalue weighted by atomic mass is 16.2. The van der Waals surface area contributed by atoms with Gasteiger partial charge < -0.3 is 10.6 Å². The Labute approximate surface area is 105 Å². The molecule has 0 aromatic heterocycles. The van der Waals surface area contributed by atoms with Crippen LogP contribution in [0.2, 0.25) is 0 Å². The fourth-order valence-corrected chi connectivity index (χ4v) is 2.19. The van der Waals surface area contributed by atoms with Gasteiger partial charge in [0.25, 0.3) is 0 Å². The van der Waals surface area contributed by atoms with Gasteiger partial charge in [0.2, 0.25) is 0 Å². The van der Waals surface area contributed by atoms with Gasteiger partial charge in [0.15, 0.2) is 0 Å². The van der Waals surface area contributed by atoms with E-state index in [9.17, 15) is 4.79 Å². The van der Waals surface area contributed by atoms with E-state index in [-0.39, 0.29) is 6.03 Å². The largest absolute Gasteiger partial charge is 0.338 e. The van der Waals surface area contributed by atoms with Crippen LogP contribution < -0.4 is 10.6 Å². The molecule has 0 aliphatic carbocycles. The van der Waals surface area contributed by atoms with E-state index in [0.29, 0.717) is 12.1 Å². The van der Waals surface area contributed by atoms with Crippen LogP contribution in [0.4, 0.5) is 4.79 Å². The van der Waals surface area contributed by atoms with E-state index in [1.165, 1.54) is 12.8 Å². The van der Waals surface area contributed by atoms with Crippen LogP contribution in [-0.2, 0) is 0 Å². The maximum atomic E-state index is 11.6. The minimum atomic E-state index is -0.00305. The molecule has 1 rings (SSSR count). The second-order valence-corrected chi connectivity index (χ2v) is 5.18. The SMILES string of the molecule is CCCCCNC(=O)NC1CCN(C(C)C)C1. The van der Waals surface area contributed by atoms with Gasteiger partial charge in [-0.25, -0.2) is 4.79 Å². The minimum absolute atomic E-state index is 0.00305. The zero-order valence-corrected chi connectivity index (χ0v) is 11.5. The first kappa shape index (κ1) is 14.3. The van der Waals surface area contributed by atoms with Crippen molar-refractivity contribution in [2.24, 2.45) is 0 Å². The standard InChI is InChI=1S/C13H27N3O/c1-4-5-6-8-14-13(17)15-12-7-9-16(10-12)11(2)3/h11-12H,4-10H2,1-3H3,(H2,14,15,17). The number of carbonyl (C=O) groups excluding carboxylic acids is 1. The van der Waals surface area contributed by atoms with E-state index in [0.717, 1.165) is 32.5 Å². The highest BCUT2D eigenvalue weighted by molar-refractivity contribution is 5.74. The molecule has 1 atom stereocenters. The number of nitrogens with one attached hydrogen (secondary N) is 2. The first-order valence-corrected chi connectivity index (χ1v) is 6.92. The summed E-state index contributed by atoms with van der Waals surface area (Å²) in [6.07, 6.45) is 4.52. The highest BCUT2D eigenvalue weighted by Crippen LogP contribution is 2.11. The molecule has 1 unspecified atom stereocenters. The monoisotopic (exact) mass is 241 g/mol. The summed E-state index contributed by atoms with van der Waals surface area (Å²) in [6.45, 7) is 9.44. The summed E-state index contributed by atoms with van der Waals surface area (Å²) < 4.78 is 0. The van der Waals surface area contributed by atoms with Crippen LogP contribution in [0.15, 0.2) is 0 Å². The number of nitrogens with zero attached hydrogens (tertiary/aromatic N) is 1. The van der Waals surface area contributed by atoms with E-state index in [2.05, 4.69) is 36.3 Å². The highest BCUT2D eigenvalue weighted by Gasteiger charge is 2.24. The van der Waals surface area contributed by atoms with E-state index in [1.807, 2.05) is 0 Å². The Bertz CT molecular complexity index is 231. The lowest BCUT2D eigenvalue weighted by atomic mass is 10.2. The molecule has 1 heterocycles. The van der Waals surface area contributed by atoms with Gasteiger partial charge in [-0.15, -0.1) is 0 Å². The predicted octanol–water partition coefficient (Wildman–Crippen LogP) is 1.96. The van der Waals surface area contributed by atoms with E-state index in [4.69, 9.17) is 0 Å². The van der Waals surface area contributed by atoms with Crippen LogP contribution in [-0.4, -0.2) is 42.6 Å². The number of likely N-dealkylation sites (tertiary alicyclic amines) is 1. The number of amides is 2. The van der Waals surface area contributed by atoms with Gasteiger partial charge in [-0.3, -0.25) is 4.90 Å². The zero-order chi connectivity index (χ0) is 12.7. The Hall–Kier alpha value is -0.770. The lowest BCUT2D eigenvalue weighted by Crippen LogP contribution is -2.44. The second kappa shape index (κ2) is 7.54. The van der Waals surface area contributed by atoms with Crippen molar-refractivity contribution in [3.05, 3.63) is 0 Å². The van der Waals surface area contributed by atoms with Crippen molar-refractivity contribution in [3.8, 4) is 0 Å². The van der Waals surface area contributed by atoms with E-state index >= 15 is 0 Å². The third kappa shape index (κ3) is 5.39. The zero-order valence-electron chi connectivity index (χ0n) is 11.5. The lowest BCUT2D eigenvalue weighted by molar-refractivity contribution is 0.233. The number of hydrogen-bond acceptors (Lipinski definition) is 2. The quantitative estimate of drug-likeness (QED) is 0.698. The maximum absolute atomic E-state index is 11.6. The van der Waals surface area contributed by atoms with Crippen molar-refractivity contribution in [2.45, 2.75) is 58.5 Å². The third-order valence-electron chi connectivity index (χ3n) is 3.35. The number of urea groups is 1. The summed E-state index contributed by atoms with van der Waals surface area (Å²) >= 11 is 0. The van der Waals surface area contributed by atoms with Crippen molar-refractivity contribution < 1.29 is 4.79 Å². The molecule has 0 bridgehead atoms. The molecule has 0 aromatic rings. The maximum Gasteiger partial charge on any atom is 0.315 e. The average Bonchev–Trinajstić information content (AvgIpc) is 2.73. The predicted molar refractivity (Wildman–Crippen MR) is 71.2 cm³/mol. The Morgan fingerprint density at radius 1 is 1.41 bits per heavy atom. The molecule has 0 spiro atoms. The minimum Gasteiger partial charge on any atom is -0.338 e. The third-order valence-corrected chi connectivity index (χ3v) is 3.35. The normalized spacial score (nSPS) is 20.8. The molecule has 1 aliphatic rings. The van der Waals surface area contributed by atoms with Crippen LogP contribution in [0.1, 0.15) is 46.5 Å². The van der Waals surface area contributed by atoms with Gasteiger partial charge in [0, 0.05) is 31.7 Å².